The lowest BCUT2D eigenvalue weighted by Crippen LogP contribution is -2.50. The number of amides is 1. The Kier molecular flexibility index (Phi) is 5.74. The summed E-state index contributed by atoms with van der Waals surface area (Å²) in [5.41, 5.74) is 0.390. The van der Waals surface area contributed by atoms with Crippen LogP contribution in [0.3, 0.4) is 0 Å². The number of morpholine rings is 1. The van der Waals surface area contributed by atoms with E-state index < -0.39 is 0 Å². The average molecular weight is 352 g/mol. The Hall–Kier alpha value is -0.520. The van der Waals surface area contributed by atoms with Gasteiger partial charge in [-0.3, -0.25) is 9.69 Å². The Bertz CT molecular complexity index is 516. The minimum absolute atomic E-state index is 0.122. The van der Waals surface area contributed by atoms with Gasteiger partial charge in [0, 0.05) is 17.6 Å². The summed E-state index contributed by atoms with van der Waals surface area (Å²) in [6.45, 7) is 5.63. The van der Waals surface area contributed by atoms with Crippen LogP contribution in [0.2, 0.25) is 15.1 Å². The molecule has 1 aliphatic rings. The van der Waals surface area contributed by atoms with Gasteiger partial charge in [0.1, 0.15) is 0 Å². The number of hydrogen-bond donors (Lipinski definition) is 1. The summed E-state index contributed by atoms with van der Waals surface area (Å²) in [5.74, 6) is -0.165. The van der Waals surface area contributed by atoms with E-state index in [1.54, 1.807) is 12.1 Å². The molecule has 7 heteroatoms. The van der Waals surface area contributed by atoms with E-state index in [9.17, 15) is 4.79 Å². The minimum Gasteiger partial charge on any atom is -0.376 e. The Labute approximate surface area is 139 Å². The lowest BCUT2D eigenvalue weighted by atomic mass is 10.2. The van der Waals surface area contributed by atoms with Gasteiger partial charge in [-0.15, -0.1) is 0 Å². The third kappa shape index (κ3) is 4.47. The van der Waals surface area contributed by atoms with Gasteiger partial charge in [-0.05, 0) is 26.0 Å². The molecular weight excluding hydrogens is 335 g/mol. The molecule has 1 amide bonds. The molecule has 1 aromatic carbocycles. The molecule has 21 heavy (non-hydrogen) atoms. The first-order chi connectivity index (χ1) is 9.86. The number of anilines is 1. The molecule has 0 aromatic heterocycles. The van der Waals surface area contributed by atoms with Crippen LogP contribution < -0.4 is 5.32 Å². The SMILES string of the molecule is CC1CN(CC(=O)Nc2c(Cl)cc(Cl)cc2Cl)C(C)CO1. The Morgan fingerprint density at radius 3 is 2.57 bits per heavy atom. The average Bonchev–Trinajstić information content (AvgIpc) is 2.38. The molecular formula is C14H17Cl3N2O2. The van der Waals surface area contributed by atoms with Gasteiger partial charge in [0.15, 0.2) is 0 Å². The predicted molar refractivity (Wildman–Crippen MR) is 86.6 cm³/mol. The second-order valence-electron chi connectivity index (χ2n) is 5.22. The Balaban J connectivity index is 2.02. The zero-order chi connectivity index (χ0) is 15.6. The third-order valence-corrected chi connectivity index (χ3v) is 4.17. The molecule has 116 valence electrons. The quantitative estimate of drug-likeness (QED) is 0.903. The van der Waals surface area contributed by atoms with E-state index in [-0.39, 0.29) is 24.6 Å². The standard InChI is InChI=1S/C14H17Cl3N2O2/c1-8-7-21-9(2)5-19(8)6-13(20)18-14-11(16)3-10(15)4-12(14)17/h3-4,8-9H,5-7H2,1-2H3,(H,18,20). The summed E-state index contributed by atoms with van der Waals surface area (Å²) in [7, 11) is 0. The monoisotopic (exact) mass is 350 g/mol. The number of rotatable bonds is 3. The molecule has 1 aliphatic heterocycles. The first-order valence-electron chi connectivity index (χ1n) is 6.67. The van der Waals surface area contributed by atoms with Crippen LogP contribution in [-0.4, -0.2) is 42.6 Å². The molecule has 0 spiro atoms. The zero-order valence-electron chi connectivity index (χ0n) is 11.8. The van der Waals surface area contributed by atoms with Crippen molar-refractivity contribution in [3.05, 3.63) is 27.2 Å². The first kappa shape index (κ1) is 16.8. The fourth-order valence-corrected chi connectivity index (χ4v) is 3.13. The van der Waals surface area contributed by atoms with E-state index in [1.807, 2.05) is 13.8 Å². The van der Waals surface area contributed by atoms with Gasteiger partial charge < -0.3 is 10.1 Å². The van der Waals surface area contributed by atoms with E-state index in [4.69, 9.17) is 39.5 Å². The van der Waals surface area contributed by atoms with E-state index >= 15 is 0 Å². The number of nitrogens with one attached hydrogen (secondary N) is 1. The number of carbonyl (C=O) groups is 1. The highest BCUT2D eigenvalue weighted by atomic mass is 35.5. The van der Waals surface area contributed by atoms with Crippen LogP contribution in [0, 0.1) is 0 Å². The summed E-state index contributed by atoms with van der Waals surface area (Å²) in [6, 6.07) is 3.29. The van der Waals surface area contributed by atoms with Crippen molar-refractivity contribution in [1.82, 2.24) is 4.90 Å². The van der Waals surface area contributed by atoms with E-state index in [2.05, 4.69) is 10.2 Å². The summed E-state index contributed by atoms with van der Waals surface area (Å²) >= 11 is 18.0. The number of ether oxygens (including phenoxy) is 1. The second kappa shape index (κ2) is 7.16. The van der Waals surface area contributed by atoms with E-state index in [0.29, 0.717) is 27.4 Å². The molecule has 1 aromatic rings. The van der Waals surface area contributed by atoms with Crippen molar-refractivity contribution >= 4 is 46.4 Å². The van der Waals surface area contributed by atoms with Crippen molar-refractivity contribution < 1.29 is 9.53 Å². The van der Waals surface area contributed by atoms with Gasteiger partial charge in [0.2, 0.25) is 5.91 Å². The number of halogens is 3. The molecule has 2 unspecified atom stereocenters. The number of hydrogen-bond acceptors (Lipinski definition) is 3. The van der Waals surface area contributed by atoms with Crippen LogP contribution >= 0.6 is 34.8 Å². The van der Waals surface area contributed by atoms with Crippen molar-refractivity contribution in [1.29, 1.82) is 0 Å². The molecule has 0 radical (unpaired) electrons. The van der Waals surface area contributed by atoms with Crippen LogP contribution in [0.5, 0.6) is 0 Å². The molecule has 2 rings (SSSR count). The molecule has 0 saturated carbocycles. The van der Waals surface area contributed by atoms with Crippen LogP contribution in [0.1, 0.15) is 13.8 Å². The Morgan fingerprint density at radius 1 is 1.33 bits per heavy atom. The fourth-order valence-electron chi connectivity index (χ4n) is 2.22. The predicted octanol–water partition coefficient (Wildman–Crippen LogP) is 3.69. The molecule has 0 aliphatic carbocycles. The van der Waals surface area contributed by atoms with Crippen molar-refractivity contribution in [2.24, 2.45) is 0 Å². The molecule has 1 N–H and O–H groups in total. The first-order valence-corrected chi connectivity index (χ1v) is 7.80. The van der Waals surface area contributed by atoms with Gasteiger partial charge in [-0.2, -0.15) is 0 Å². The number of carbonyl (C=O) groups excluding carboxylic acids is 1. The van der Waals surface area contributed by atoms with Gasteiger partial charge in [0.05, 0.1) is 35.0 Å². The third-order valence-electron chi connectivity index (χ3n) is 3.35. The lowest BCUT2D eigenvalue weighted by molar-refractivity contribution is -0.121. The number of benzene rings is 1. The van der Waals surface area contributed by atoms with Crippen molar-refractivity contribution in [2.75, 3.05) is 25.0 Å². The fraction of sp³-hybridized carbons (Fsp3) is 0.500. The summed E-state index contributed by atoms with van der Waals surface area (Å²) in [5, 5.41) is 3.82. The summed E-state index contributed by atoms with van der Waals surface area (Å²) < 4.78 is 5.54. The highest BCUT2D eigenvalue weighted by Crippen LogP contribution is 2.33. The van der Waals surface area contributed by atoms with Crippen molar-refractivity contribution in [3.8, 4) is 0 Å². The van der Waals surface area contributed by atoms with Crippen LogP contribution in [0.4, 0.5) is 5.69 Å². The van der Waals surface area contributed by atoms with Gasteiger partial charge in [-0.1, -0.05) is 34.8 Å². The van der Waals surface area contributed by atoms with E-state index in [0.717, 1.165) is 6.54 Å². The molecule has 0 bridgehead atoms. The molecule has 1 saturated heterocycles. The van der Waals surface area contributed by atoms with Gasteiger partial charge >= 0.3 is 0 Å². The molecule has 2 atom stereocenters. The van der Waals surface area contributed by atoms with Crippen molar-refractivity contribution in [3.63, 3.8) is 0 Å². The Morgan fingerprint density at radius 2 is 1.95 bits per heavy atom. The maximum Gasteiger partial charge on any atom is 0.238 e. The highest BCUT2D eigenvalue weighted by molar-refractivity contribution is 6.42. The smallest absolute Gasteiger partial charge is 0.238 e. The summed E-state index contributed by atoms with van der Waals surface area (Å²) in [6.07, 6.45) is 0.122. The normalized spacial score (nSPS) is 23.1. The van der Waals surface area contributed by atoms with Gasteiger partial charge in [0.25, 0.3) is 0 Å². The van der Waals surface area contributed by atoms with E-state index in [1.165, 1.54) is 0 Å². The topological polar surface area (TPSA) is 41.6 Å². The summed E-state index contributed by atoms with van der Waals surface area (Å²) in [4.78, 5) is 14.2. The highest BCUT2D eigenvalue weighted by Gasteiger charge is 2.25. The maximum absolute atomic E-state index is 12.2. The zero-order valence-corrected chi connectivity index (χ0v) is 14.1. The molecule has 1 fully saturated rings. The largest absolute Gasteiger partial charge is 0.376 e. The van der Waals surface area contributed by atoms with Crippen LogP contribution in [0.25, 0.3) is 0 Å². The van der Waals surface area contributed by atoms with Crippen molar-refractivity contribution in [2.45, 2.75) is 26.0 Å². The minimum atomic E-state index is -0.165. The second-order valence-corrected chi connectivity index (χ2v) is 6.47. The molecule has 4 nitrogen and oxygen atoms in total. The van der Waals surface area contributed by atoms with Crippen LogP contribution in [0.15, 0.2) is 12.1 Å². The molecule has 1 heterocycles. The number of nitrogens with zero attached hydrogens (tertiary/aromatic N) is 1. The lowest BCUT2D eigenvalue weighted by Gasteiger charge is -2.36. The van der Waals surface area contributed by atoms with Gasteiger partial charge in [-0.25, -0.2) is 0 Å². The maximum atomic E-state index is 12.2. The van der Waals surface area contributed by atoms with Crippen LogP contribution in [-0.2, 0) is 9.53 Å².